The zero-order valence-corrected chi connectivity index (χ0v) is 9.86. The normalized spacial score (nSPS) is 15.3. The zero-order chi connectivity index (χ0) is 10.9. The fraction of sp³-hybridized carbons (Fsp3) is 0.333. The second-order valence-corrected chi connectivity index (χ2v) is 4.43. The van der Waals surface area contributed by atoms with Crippen molar-refractivity contribution in [3.63, 3.8) is 0 Å². The molecule has 5 heteroatoms. The van der Waals surface area contributed by atoms with Crippen LogP contribution in [0.3, 0.4) is 0 Å². The topological polar surface area (TPSA) is 46.2 Å². The molecule has 0 aliphatic rings. The van der Waals surface area contributed by atoms with E-state index in [0.717, 1.165) is 0 Å². The first-order valence-electron chi connectivity index (χ1n) is 3.96. The average molecular weight is 283 g/mol. The van der Waals surface area contributed by atoms with Gasteiger partial charge in [0.1, 0.15) is 11.4 Å². The van der Waals surface area contributed by atoms with Gasteiger partial charge in [-0.2, -0.15) is 0 Å². The van der Waals surface area contributed by atoms with Crippen molar-refractivity contribution >= 4 is 27.5 Å². The molecule has 0 fully saturated rings. The van der Waals surface area contributed by atoms with E-state index in [9.17, 15) is 9.50 Å². The van der Waals surface area contributed by atoms with Gasteiger partial charge in [-0.05, 0) is 28.9 Å². The van der Waals surface area contributed by atoms with E-state index in [0.29, 0.717) is 4.47 Å². The maximum Gasteiger partial charge on any atom is 0.149 e. The van der Waals surface area contributed by atoms with Crippen molar-refractivity contribution < 1.29 is 9.50 Å². The van der Waals surface area contributed by atoms with Crippen molar-refractivity contribution in [1.29, 1.82) is 0 Å². The first-order chi connectivity index (χ1) is 6.40. The highest BCUT2D eigenvalue weighted by Crippen LogP contribution is 2.32. The third-order valence-corrected chi connectivity index (χ3v) is 3.27. The summed E-state index contributed by atoms with van der Waals surface area (Å²) in [5.74, 6) is -0.642. The van der Waals surface area contributed by atoms with Gasteiger partial charge < -0.3 is 10.8 Å². The van der Waals surface area contributed by atoms with E-state index in [-0.39, 0.29) is 17.1 Å². The second-order valence-electron chi connectivity index (χ2n) is 3.20. The predicted molar refractivity (Wildman–Crippen MR) is 57.7 cm³/mol. The van der Waals surface area contributed by atoms with Crippen LogP contribution in [-0.2, 0) is 5.60 Å². The summed E-state index contributed by atoms with van der Waals surface area (Å²) in [7, 11) is 0. The molecule has 1 atom stereocenters. The lowest BCUT2D eigenvalue weighted by atomic mass is 9.96. The number of benzene rings is 1. The smallest absolute Gasteiger partial charge is 0.149 e. The van der Waals surface area contributed by atoms with Gasteiger partial charge in [-0.25, -0.2) is 4.39 Å². The highest BCUT2D eigenvalue weighted by Gasteiger charge is 2.26. The summed E-state index contributed by atoms with van der Waals surface area (Å²) in [6.45, 7) is 1.37. The van der Waals surface area contributed by atoms with Crippen molar-refractivity contribution in [2.24, 2.45) is 5.73 Å². The molecule has 3 N–H and O–H groups in total. The SMILES string of the molecule is CC(O)(CN)c1ccc(Br)c(Cl)c1F. The molecule has 1 aromatic rings. The van der Waals surface area contributed by atoms with Crippen LogP contribution in [0.25, 0.3) is 0 Å². The van der Waals surface area contributed by atoms with Gasteiger partial charge in [-0.1, -0.05) is 17.7 Å². The van der Waals surface area contributed by atoms with Gasteiger partial charge in [0.2, 0.25) is 0 Å². The van der Waals surface area contributed by atoms with Crippen LogP contribution in [0.5, 0.6) is 0 Å². The maximum absolute atomic E-state index is 13.6. The lowest BCUT2D eigenvalue weighted by molar-refractivity contribution is 0.0629. The van der Waals surface area contributed by atoms with Gasteiger partial charge in [-0.15, -0.1) is 0 Å². The highest BCUT2D eigenvalue weighted by atomic mass is 79.9. The Bertz CT molecular complexity index is 357. The number of halogens is 3. The fourth-order valence-electron chi connectivity index (χ4n) is 1.05. The van der Waals surface area contributed by atoms with Crippen LogP contribution in [-0.4, -0.2) is 11.7 Å². The molecule has 0 saturated heterocycles. The monoisotopic (exact) mass is 281 g/mol. The highest BCUT2D eigenvalue weighted by molar-refractivity contribution is 9.10. The minimum absolute atomic E-state index is 0.0452. The molecule has 0 aromatic heterocycles. The Morgan fingerprint density at radius 1 is 1.64 bits per heavy atom. The molecule has 0 radical (unpaired) electrons. The van der Waals surface area contributed by atoms with E-state index < -0.39 is 11.4 Å². The second kappa shape index (κ2) is 4.14. The number of aliphatic hydroxyl groups is 1. The van der Waals surface area contributed by atoms with Gasteiger partial charge in [0.15, 0.2) is 0 Å². The van der Waals surface area contributed by atoms with E-state index in [1.54, 1.807) is 6.07 Å². The molecule has 0 heterocycles. The van der Waals surface area contributed by atoms with Crippen LogP contribution >= 0.6 is 27.5 Å². The molecule has 0 aliphatic carbocycles. The molecule has 2 nitrogen and oxygen atoms in total. The zero-order valence-electron chi connectivity index (χ0n) is 7.52. The van der Waals surface area contributed by atoms with Gasteiger partial charge in [-0.3, -0.25) is 0 Å². The van der Waals surface area contributed by atoms with Crippen molar-refractivity contribution in [3.8, 4) is 0 Å². The molecule has 0 amide bonds. The van der Waals surface area contributed by atoms with E-state index in [1.807, 2.05) is 0 Å². The Morgan fingerprint density at radius 3 is 2.71 bits per heavy atom. The number of nitrogens with two attached hydrogens (primary N) is 1. The minimum atomic E-state index is -1.39. The van der Waals surface area contributed by atoms with Crippen LogP contribution in [0.1, 0.15) is 12.5 Å². The standard InChI is InChI=1S/C9H10BrClFNO/c1-9(14,4-13)5-2-3-6(10)7(11)8(5)12/h2-3,14H,4,13H2,1H3. The van der Waals surface area contributed by atoms with Gasteiger partial charge in [0, 0.05) is 16.6 Å². The fourth-order valence-corrected chi connectivity index (χ4v) is 1.52. The lowest BCUT2D eigenvalue weighted by Gasteiger charge is -2.22. The van der Waals surface area contributed by atoms with Crippen molar-refractivity contribution in [2.75, 3.05) is 6.54 Å². The van der Waals surface area contributed by atoms with Gasteiger partial charge >= 0.3 is 0 Å². The van der Waals surface area contributed by atoms with Crippen LogP contribution in [0.2, 0.25) is 5.02 Å². The Kier molecular flexibility index (Phi) is 3.53. The maximum atomic E-state index is 13.6. The molecule has 14 heavy (non-hydrogen) atoms. The van der Waals surface area contributed by atoms with Crippen molar-refractivity contribution in [2.45, 2.75) is 12.5 Å². The molecule has 0 bridgehead atoms. The quantitative estimate of drug-likeness (QED) is 0.818. The summed E-state index contributed by atoms with van der Waals surface area (Å²) in [5.41, 5.74) is 4.03. The summed E-state index contributed by atoms with van der Waals surface area (Å²) in [6, 6.07) is 3.03. The number of rotatable bonds is 2. The summed E-state index contributed by atoms with van der Waals surface area (Å²) in [5, 5.41) is 9.71. The molecule has 0 aliphatic heterocycles. The third kappa shape index (κ3) is 2.08. The van der Waals surface area contributed by atoms with E-state index >= 15 is 0 Å². The van der Waals surface area contributed by atoms with E-state index in [4.69, 9.17) is 17.3 Å². The minimum Gasteiger partial charge on any atom is -0.384 e. The number of hydrogen-bond acceptors (Lipinski definition) is 2. The molecule has 0 spiro atoms. The van der Waals surface area contributed by atoms with Crippen LogP contribution in [0.4, 0.5) is 4.39 Å². The number of hydrogen-bond donors (Lipinski definition) is 2. The average Bonchev–Trinajstić information content (AvgIpc) is 2.14. The van der Waals surface area contributed by atoms with Crippen LogP contribution in [0.15, 0.2) is 16.6 Å². The Morgan fingerprint density at radius 2 is 2.21 bits per heavy atom. The van der Waals surface area contributed by atoms with Crippen molar-refractivity contribution in [3.05, 3.63) is 33.0 Å². The molecule has 1 aromatic carbocycles. The van der Waals surface area contributed by atoms with Crippen LogP contribution in [0, 0.1) is 5.82 Å². The summed E-state index contributed by atoms with van der Waals surface area (Å²) in [6.07, 6.45) is 0. The first-order valence-corrected chi connectivity index (χ1v) is 5.13. The molecule has 0 saturated carbocycles. The van der Waals surface area contributed by atoms with Crippen LogP contribution < -0.4 is 5.73 Å². The largest absolute Gasteiger partial charge is 0.384 e. The first kappa shape index (κ1) is 11.9. The van der Waals surface area contributed by atoms with Crippen molar-refractivity contribution in [1.82, 2.24) is 0 Å². The molecule has 1 rings (SSSR count). The third-order valence-electron chi connectivity index (χ3n) is 2.01. The lowest BCUT2D eigenvalue weighted by Crippen LogP contribution is -2.32. The van der Waals surface area contributed by atoms with E-state index in [2.05, 4.69) is 15.9 Å². The molecular weight excluding hydrogens is 272 g/mol. The summed E-state index contributed by atoms with van der Waals surface area (Å²) >= 11 is 8.76. The molecule has 1 unspecified atom stereocenters. The Hall–Kier alpha value is -0.160. The Balaban J connectivity index is 3.31. The molecule has 78 valence electrons. The molecular formula is C9H10BrClFNO. The van der Waals surface area contributed by atoms with E-state index in [1.165, 1.54) is 13.0 Å². The predicted octanol–water partition coefficient (Wildman–Crippen LogP) is 2.41. The van der Waals surface area contributed by atoms with Gasteiger partial charge in [0.05, 0.1) is 5.02 Å². The Labute approximate surface area is 95.0 Å². The summed E-state index contributed by atoms with van der Waals surface area (Å²) in [4.78, 5) is 0. The van der Waals surface area contributed by atoms with Gasteiger partial charge in [0.25, 0.3) is 0 Å². The summed E-state index contributed by atoms with van der Waals surface area (Å²) < 4.78 is 14.0.